The Labute approximate surface area is 178 Å². The van der Waals surface area contributed by atoms with E-state index in [4.69, 9.17) is 0 Å². The van der Waals surface area contributed by atoms with E-state index in [1.54, 1.807) is 24.3 Å². The molecule has 0 unspecified atom stereocenters. The van der Waals surface area contributed by atoms with E-state index in [-0.39, 0.29) is 17.6 Å². The Morgan fingerprint density at radius 2 is 1.80 bits per heavy atom. The van der Waals surface area contributed by atoms with Gasteiger partial charge in [0.05, 0.1) is 10.6 Å². The van der Waals surface area contributed by atoms with Crippen LogP contribution >= 0.6 is 11.8 Å². The molecule has 4 rings (SSSR count). The summed E-state index contributed by atoms with van der Waals surface area (Å²) in [5.41, 5.74) is 3.98. The molecule has 3 aromatic rings. The molecule has 30 heavy (non-hydrogen) atoms. The zero-order valence-electron chi connectivity index (χ0n) is 16.2. The van der Waals surface area contributed by atoms with Crippen molar-refractivity contribution in [3.8, 4) is 0 Å². The largest absolute Gasteiger partial charge is 0.348 e. The van der Waals surface area contributed by atoms with Crippen LogP contribution in [0.15, 0.2) is 76.5 Å². The molecule has 0 atom stereocenters. The third kappa shape index (κ3) is 4.60. The van der Waals surface area contributed by atoms with E-state index in [0.29, 0.717) is 22.7 Å². The fraction of sp³-hybridized carbons (Fsp3) is 0.0833. The molecule has 2 amide bonds. The SMILES string of the molecule is Cc1ccc(/C=C2/Sc3ccc(C(=O)NCc4ccc(F)cc4)cc3NC2=O)cc1. The van der Waals surface area contributed by atoms with Gasteiger partial charge in [-0.3, -0.25) is 9.59 Å². The van der Waals surface area contributed by atoms with Crippen LogP contribution in [0, 0.1) is 12.7 Å². The molecule has 0 aliphatic carbocycles. The number of hydrogen-bond donors (Lipinski definition) is 2. The van der Waals surface area contributed by atoms with Crippen LogP contribution in [0.25, 0.3) is 6.08 Å². The van der Waals surface area contributed by atoms with Gasteiger partial charge in [-0.1, -0.05) is 53.7 Å². The van der Waals surface area contributed by atoms with E-state index in [1.165, 1.54) is 23.9 Å². The number of thioether (sulfide) groups is 1. The molecule has 0 radical (unpaired) electrons. The summed E-state index contributed by atoms with van der Waals surface area (Å²) in [4.78, 5) is 26.5. The molecule has 0 bridgehead atoms. The molecule has 3 aromatic carbocycles. The first-order chi connectivity index (χ1) is 14.5. The van der Waals surface area contributed by atoms with E-state index in [2.05, 4.69) is 10.6 Å². The van der Waals surface area contributed by atoms with Crippen molar-refractivity contribution < 1.29 is 14.0 Å². The summed E-state index contributed by atoms with van der Waals surface area (Å²) in [5, 5.41) is 5.67. The molecular weight excluding hydrogens is 399 g/mol. The predicted octanol–water partition coefficient (Wildman–Crippen LogP) is 5.15. The van der Waals surface area contributed by atoms with Gasteiger partial charge in [0.1, 0.15) is 5.82 Å². The molecule has 0 spiro atoms. The second-order valence-electron chi connectivity index (χ2n) is 7.00. The fourth-order valence-electron chi connectivity index (χ4n) is 3.00. The molecule has 1 aliphatic rings. The lowest BCUT2D eigenvalue weighted by Gasteiger charge is -2.19. The van der Waals surface area contributed by atoms with Crippen molar-refractivity contribution in [3.63, 3.8) is 0 Å². The zero-order chi connectivity index (χ0) is 21.1. The van der Waals surface area contributed by atoms with Gasteiger partial charge in [0.15, 0.2) is 0 Å². The summed E-state index contributed by atoms with van der Waals surface area (Å²) in [6.45, 7) is 2.31. The predicted molar refractivity (Wildman–Crippen MR) is 118 cm³/mol. The average Bonchev–Trinajstić information content (AvgIpc) is 2.75. The average molecular weight is 418 g/mol. The number of carbonyl (C=O) groups is 2. The number of amides is 2. The molecule has 0 saturated carbocycles. The summed E-state index contributed by atoms with van der Waals surface area (Å²) in [6, 6.07) is 19.1. The number of carbonyl (C=O) groups excluding carboxylic acids is 2. The number of fused-ring (bicyclic) bond motifs is 1. The van der Waals surface area contributed by atoms with Crippen LogP contribution in [-0.4, -0.2) is 11.8 Å². The number of benzene rings is 3. The normalized spacial score (nSPS) is 14.2. The fourth-order valence-corrected chi connectivity index (χ4v) is 3.93. The highest BCUT2D eigenvalue weighted by molar-refractivity contribution is 8.04. The van der Waals surface area contributed by atoms with Gasteiger partial charge in [-0.2, -0.15) is 0 Å². The first kappa shape index (κ1) is 19.9. The number of rotatable bonds is 4. The highest BCUT2D eigenvalue weighted by atomic mass is 32.2. The molecule has 1 heterocycles. The van der Waals surface area contributed by atoms with Gasteiger partial charge in [0.2, 0.25) is 0 Å². The maximum absolute atomic E-state index is 13.0. The maximum atomic E-state index is 13.0. The molecule has 4 nitrogen and oxygen atoms in total. The summed E-state index contributed by atoms with van der Waals surface area (Å²) < 4.78 is 13.0. The lowest BCUT2D eigenvalue weighted by molar-refractivity contribution is -0.112. The van der Waals surface area contributed by atoms with E-state index < -0.39 is 0 Å². The van der Waals surface area contributed by atoms with E-state index >= 15 is 0 Å². The smallest absolute Gasteiger partial charge is 0.262 e. The van der Waals surface area contributed by atoms with Crippen LogP contribution in [-0.2, 0) is 11.3 Å². The lowest BCUT2D eigenvalue weighted by Crippen LogP contribution is -2.23. The minimum Gasteiger partial charge on any atom is -0.348 e. The summed E-state index contributed by atoms with van der Waals surface area (Å²) in [6.07, 6.45) is 1.85. The van der Waals surface area contributed by atoms with Gasteiger partial charge >= 0.3 is 0 Å². The summed E-state index contributed by atoms with van der Waals surface area (Å²) in [7, 11) is 0. The van der Waals surface area contributed by atoms with Crippen LogP contribution in [0.4, 0.5) is 10.1 Å². The van der Waals surface area contributed by atoms with Crippen molar-refractivity contribution in [1.82, 2.24) is 5.32 Å². The number of hydrogen-bond acceptors (Lipinski definition) is 3. The standard InChI is InChI=1S/C24H19FN2O2S/c1-15-2-4-16(5-3-15)12-22-24(29)27-20-13-18(8-11-21(20)30-22)23(28)26-14-17-6-9-19(25)10-7-17/h2-13H,14H2,1H3,(H,26,28)(H,27,29)/b22-12+. The van der Waals surface area contributed by atoms with Crippen molar-refractivity contribution in [2.75, 3.05) is 5.32 Å². The van der Waals surface area contributed by atoms with Crippen LogP contribution < -0.4 is 10.6 Å². The van der Waals surface area contributed by atoms with Crippen LogP contribution in [0.2, 0.25) is 0 Å². The van der Waals surface area contributed by atoms with Crippen LogP contribution in [0.1, 0.15) is 27.0 Å². The molecular formula is C24H19FN2O2S. The van der Waals surface area contributed by atoms with E-state index in [0.717, 1.165) is 21.6 Å². The Morgan fingerprint density at radius 1 is 1.07 bits per heavy atom. The maximum Gasteiger partial charge on any atom is 0.262 e. The van der Waals surface area contributed by atoms with E-state index in [9.17, 15) is 14.0 Å². The highest BCUT2D eigenvalue weighted by Gasteiger charge is 2.22. The molecule has 1 aliphatic heterocycles. The first-order valence-corrected chi connectivity index (χ1v) is 10.2. The van der Waals surface area contributed by atoms with Gasteiger partial charge < -0.3 is 10.6 Å². The molecule has 150 valence electrons. The van der Waals surface area contributed by atoms with Crippen molar-refractivity contribution in [2.45, 2.75) is 18.4 Å². The summed E-state index contributed by atoms with van der Waals surface area (Å²) in [5.74, 6) is -0.775. The Kier molecular flexibility index (Phi) is 5.68. The Hall–Kier alpha value is -3.38. The third-order valence-electron chi connectivity index (χ3n) is 4.68. The monoisotopic (exact) mass is 418 g/mol. The Balaban J connectivity index is 1.47. The van der Waals surface area contributed by atoms with Crippen molar-refractivity contribution in [1.29, 1.82) is 0 Å². The van der Waals surface area contributed by atoms with Crippen molar-refractivity contribution in [2.24, 2.45) is 0 Å². The minimum atomic E-state index is -0.316. The Morgan fingerprint density at radius 3 is 2.53 bits per heavy atom. The number of aryl methyl sites for hydroxylation is 1. The van der Waals surface area contributed by atoms with Crippen molar-refractivity contribution >= 4 is 35.3 Å². The molecule has 2 N–H and O–H groups in total. The van der Waals surface area contributed by atoms with Gasteiger partial charge in [-0.25, -0.2) is 4.39 Å². The summed E-state index contributed by atoms with van der Waals surface area (Å²) >= 11 is 1.38. The topological polar surface area (TPSA) is 58.2 Å². The number of halogens is 1. The minimum absolute atomic E-state index is 0.197. The third-order valence-corrected chi connectivity index (χ3v) is 5.77. The van der Waals surface area contributed by atoms with Crippen molar-refractivity contribution in [3.05, 3.63) is 99.7 Å². The highest BCUT2D eigenvalue weighted by Crippen LogP contribution is 2.39. The molecule has 0 saturated heterocycles. The quantitative estimate of drug-likeness (QED) is 0.576. The first-order valence-electron chi connectivity index (χ1n) is 9.42. The molecule has 0 aromatic heterocycles. The number of nitrogens with one attached hydrogen (secondary N) is 2. The zero-order valence-corrected chi connectivity index (χ0v) is 17.1. The Bertz CT molecular complexity index is 1140. The van der Waals surface area contributed by atoms with Crippen LogP contribution in [0.3, 0.4) is 0 Å². The second kappa shape index (κ2) is 8.55. The van der Waals surface area contributed by atoms with E-state index in [1.807, 2.05) is 43.3 Å². The van der Waals surface area contributed by atoms with Gasteiger partial charge in [0.25, 0.3) is 11.8 Å². The lowest BCUT2D eigenvalue weighted by atomic mass is 10.1. The van der Waals surface area contributed by atoms with Gasteiger partial charge in [-0.15, -0.1) is 0 Å². The molecule has 6 heteroatoms. The second-order valence-corrected chi connectivity index (χ2v) is 8.08. The van der Waals surface area contributed by atoms with Gasteiger partial charge in [0, 0.05) is 17.0 Å². The number of anilines is 1. The molecule has 0 fully saturated rings. The van der Waals surface area contributed by atoms with Crippen LogP contribution in [0.5, 0.6) is 0 Å². The van der Waals surface area contributed by atoms with Gasteiger partial charge in [-0.05, 0) is 54.5 Å².